The molecule has 20 heteroatoms. The number of nitrogens with zero attached hydrogens (tertiary/aromatic N) is 5. The van der Waals surface area contributed by atoms with Crippen LogP contribution in [0.3, 0.4) is 0 Å². The number of nitrogens with one attached hydrogen (secondary N) is 3. The molecule has 3 heterocycles. The maximum Gasteiger partial charge on any atom is 0.410 e. The predicted octanol–water partition coefficient (Wildman–Crippen LogP) is 3.02. The van der Waals surface area contributed by atoms with Crippen LogP contribution >= 0.6 is 0 Å². The van der Waals surface area contributed by atoms with Crippen molar-refractivity contribution >= 4 is 55.4 Å². The molecule has 0 aromatic heterocycles. The number of carbonyl (C=O) groups is 4. The van der Waals surface area contributed by atoms with Crippen molar-refractivity contribution in [1.82, 2.24) is 28.9 Å². The first-order chi connectivity index (χ1) is 28.0. The lowest BCUT2D eigenvalue weighted by molar-refractivity contribution is -0.141. The molecule has 18 nitrogen and oxygen atoms in total. The highest BCUT2D eigenvalue weighted by Gasteiger charge is 2.61. The standard InChI is InChI=1S/C39H52N8O10S2/c1-5-28-22-39(28)37(50)43-59(55,56)45(4)19-13-9-7-6-8-10-15-32(42-58(53,54)34-16-12-11-14-31(34)41-52)36(49)47-25-30(21-33(47)35(48)40-39)57-38(51)46-23-26-17-18-29(44(2)3)20-27(26)24-46/h5,11-12,14,16-18,20,28,30,32-33,42H,1,6-10,13,15,19,21-25H2,2-4H3,(H,40,48)(H,43,50)/t28-,30-,32+,33+,39-/m1/s1. The number of rotatable bonds is 7. The maximum atomic E-state index is 14.7. The Labute approximate surface area is 344 Å². The summed E-state index contributed by atoms with van der Waals surface area (Å²) in [6.07, 6.45) is 3.20. The highest BCUT2D eigenvalue weighted by molar-refractivity contribution is 7.89. The van der Waals surface area contributed by atoms with Crippen LogP contribution in [0, 0.1) is 10.8 Å². The lowest BCUT2D eigenvalue weighted by Gasteiger charge is -2.30. The van der Waals surface area contributed by atoms with E-state index in [9.17, 15) is 40.9 Å². The van der Waals surface area contributed by atoms with E-state index in [1.165, 1.54) is 42.3 Å². The largest absolute Gasteiger partial charge is 0.444 e. The second-order valence-electron chi connectivity index (χ2n) is 15.9. The summed E-state index contributed by atoms with van der Waals surface area (Å²) in [5.74, 6) is -3.23. The Morgan fingerprint density at radius 3 is 2.42 bits per heavy atom. The topological polar surface area (TPSA) is 224 Å². The number of hydrogen-bond acceptors (Lipinski definition) is 12. The second-order valence-corrected chi connectivity index (χ2v) is 19.3. The molecule has 3 fully saturated rings. The Bertz CT molecular complexity index is 2200. The fraction of sp³-hybridized carbons (Fsp3) is 0.538. The Morgan fingerprint density at radius 2 is 1.73 bits per heavy atom. The van der Waals surface area contributed by atoms with Crippen molar-refractivity contribution in [3.05, 3.63) is 71.2 Å². The summed E-state index contributed by atoms with van der Waals surface area (Å²) in [6.45, 7) is 4.15. The minimum Gasteiger partial charge on any atom is -0.444 e. The molecule has 3 N–H and O–H groups in total. The van der Waals surface area contributed by atoms with E-state index < -0.39 is 78.6 Å². The molecule has 4 amide bonds. The van der Waals surface area contributed by atoms with Gasteiger partial charge in [0.05, 0.1) is 6.54 Å². The third-order valence-corrected chi connectivity index (χ3v) is 14.5. The van der Waals surface area contributed by atoms with E-state index in [1.807, 2.05) is 37.2 Å². The molecule has 1 saturated carbocycles. The molecular formula is C39H52N8O10S2. The molecule has 2 saturated heterocycles. The quantitative estimate of drug-likeness (QED) is 0.271. The zero-order chi connectivity index (χ0) is 42.7. The minimum absolute atomic E-state index is 0.0247. The SMILES string of the molecule is C=C[C@@H]1C[C@@]12NC(=O)[C@@H]1C[C@@H](OC(=O)N3Cc4ccc(N(C)C)cc4C3)CN1C(=O)[C@@H](NS(=O)(=O)c1ccccc1N=O)CCCCCCCCN(C)S(=O)(=O)NC2=O. The van der Waals surface area contributed by atoms with E-state index in [2.05, 4.69) is 26.5 Å². The highest BCUT2D eigenvalue weighted by atomic mass is 32.2. The first kappa shape index (κ1) is 43.7. The number of amides is 4. The van der Waals surface area contributed by atoms with Crippen molar-refractivity contribution in [3.63, 3.8) is 0 Å². The van der Waals surface area contributed by atoms with Crippen LogP contribution < -0.4 is 19.7 Å². The third-order valence-electron chi connectivity index (χ3n) is 11.5. The van der Waals surface area contributed by atoms with Gasteiger partial charge in [0.1, 0.15) is 34.3 Å². The van der Waals surface area contributed by atoms with Crippen molar-refractivity contribution in [3.8, 4) is 0 Å². The van der Waals surface area contributed by atoms with Crippen molar-refractivity contribution < 1.29 is 40.8 Å². The van der Waals surface area contributed by atoms with Crippen LogP contribution in [-0.2, 0) is 52.4 Å². The molecule has 1 aliphatic carbocycles. The molecule has 2 aromatic carbocycles. The average Bonchev–Trinajstić information content (AvgIpc) is 3.50. The molecule has 0 bridgehead atoms. The van der Waals surface area contributed by atoms with E-state index in [-0.39, 0.29) is 51.1 Å². The summed E-state index contributed by atoms with van der Waals surface area (Å²) in [6, 6.07) is 8.39. The smallest absolute Gasteiger partial charge is 0.410 e. The number of benzene rings is 2. The van der Waals surface area contributed by atoms with Crippen LogP contribution in [-0.4, -0.2) is 113 Å². The van der Waals surface area contributed by atoms with Gasteiger partial charge in [0.25, 0.3) is 5.91 Å². The number of sulfonamides is 1. The van der Waals surface area contributed by atoms with Gasteiger partial charge in [-0.25, -0.2) is 17.9 Å². The van der Waals surface area contributed by atoms with E-state index >= 15 is 0 Å². The maximum absolute atomic E-state index is 14.7. The number of fused-ring (bicyclic) bond motifs is 2. The van der Waals surface area contributed by atoms with Gasteiger partial charge in [-0.15, -0.1) is 11.5 Å². The molecule has 0 radical (unpaired) electrons. The molecule has 4 aliphatic rings. The monoisotopic (exact) mass is 856 g/mol. The summed E-state index contributed by atoms with van der Waals surface area (Å²) in [5.41, 5.74) is 0.784. The molecule has 3 aliphatic heterocycles. The number of ether oxygens (including phenoxy) is 1. The van der Waals surface area contributed by atoms with Crippen molar-refractivity contribution in [2.45, 2.75) is 99.5 Å². The van der Waals surface area contributed by atoms with E-state index in [0.717, 1.165) is 32.4 Å². The van der Waals surface area contributed by atoms with Gasteiger partial charge >= 0.3 is 16.3 Å². The Kier molecular flexibility index (Phi) is 13.1. The van der Waals surface area contributed by atoms with Crippen LogP contribution in [0.2, 0.25) is 0 Å². The number of nitroso groups, excluding NO2 is 1. The zero-order valence-corrected chi connectivity index (χ0v) is 35.1. The lowest BCUT2D eigenvalue weighted by atomic mass is 10.0. The molecule has 320 valence electrons. The molecule has 59 heavy (non-hydrogen) atoms. The molecule has 0 unspecified atom stereocenters. The summed E-state index contributed by atoms with van der Waals surface area (Å²) in [5, 5.41) is 5.54. The minimum atomic E-state index is -4.51. The van der Waals surface area contributed by atoms with Gasteiger partial charge in [-0.2, -0.15) is 17.4 Å². The molecule has 6 rings (SSSR count). The van der Waals surface area contributed by atoms with Gasteiger partial charge in [-0.3, -0.25) is 19.3 Å². The van der Waals surface area contributed by atoms with Crippen LogP contribution in [0.15, 0.2) is 65.2 Å². The van der Waals surface area contributed by atoms with E-state index in [1.54, 1.807) is 0 Å². The lowest BCUT2D eigenvalue weighted by Crippen LogP contribution is -2.58. The van der Waals surface area contributed by atoms with Crippen molar-refractivity contribution in [2.24, 2.45) is 11.1 Å². The van der Waals surface area contributed by atoms with Crippen LogP contribution in [0.5, 0.6) is 0 Å². The van der Waals surface area contributed by atoms with Crippen molar-refractivity contribution in [1.29, 1.82) is 0 Å². The van der Waals surface area contributed by atoms with Gasteiger partial charge in [0.2, 0.25) is 21.8 Å². The highest BCUT2D eigenvalue weighted by Crippen LogP contribution is 2.45. The normalized spacial score (nSPS) is 27.0. The van der Waals surface area contributed by atoms with Crippen LogP contribution in [0.25, 0.3) is 0 Å². The summed E-state index contributed by atoms with van der Waals surface area (Å²) in [4.78, 5) is 72.2. The number of hydrogen-bond donors (Lipinski definition) is 3. The van der Waals surface area contributed by atoms with Gasteiger partial charge in [0.15, 0.2) is 0 Å². The van der Waals surface area contributed by atoms with Gasteiger partial charge < -0.3 is 19.9 Å². The molecule has 5 atom stereocenters. The number of carbonyl (C=O) groups excluding carboxylic acids is 4. The average molecular weight is 857 g/mol. The summed E-state index contributed by atoms with van der Waals surface area (Å²) in [7, 11) is -3.61. The fourth-order valence-electron chi connectivity index (χ4n) is 7.96. The summed E-state index contributed by atoms with van der Waals surface area (Å²) >= 11 is 0. The summed E-state index contributed by atoms with van der Waals surface area (Å²) < 4.78 is 65.5. The first-order valence-electron chi connectivity index (χ1n) is 19.7. The predicted molar refractivity (Wildman–Crippen MR) is 218 cm³/mol. The van der Waals surface area contributed by atoms with E-state index in [4.69, 9.17) is 4.74 Å². The van der Waals surface area contributed by atoms with Crippen molar-refractivity contribution in [2.75, 3.05) is 39.1 Å². The fourth-order valence-corrected chi connectivity index (χ4v) is 10.3. The van der Waals surface area contributed by atoms with Gasteiger partial charge in [0, 0.05) is 58.8 Å². The van der Waals surface area contributed by atoms with Gasteiger partial charge in [-0.1, -0.05) is 56.4 Å². The van der Waals surface area contributed by atoms with Crippen LogP contribution in [0.1, 0.15) is 68.9 Å². The second kappa shape index (κ2) is 17.7. The zero-order valence-electron chi connectivity index (χ0n) is 33.5. The first-order valence-corrected chi connectivity index (χ1v) is 22.6. The van der Waals surface area contributed by atoms with Gasteiger partial charge in [-0.05, 0) is 59.8 Å². The molecular weight excluding hydrogens is 805 g/mol. The Morgan fingerprint density at radius 1 is 1.03 bits per heavy atom. The Balaban J connectivity index is 1.30. The third kappa shape index (κ3) is 9.60. The van der Waals surface area contributed by atoms with Crippen LogP contribution in [0.4, 0.5) is 16.2 Å². The number of anilines is 1. The Hall–Kier alpha value is -4.92. The molecule has 2 aromatic rings. The molecule has 1 spiro atoms. The van der Waals surface area contributed by atoms with E-state index in [0.29, 0.717) is 32.1 Å².